The van der Waals surface area contributed by atoms with Gasteiger partial charge in [0.15, 0.2) is 11.5 Å². The molecule has 2 heterocycles. The number of amides is 1. The van der Waals surface area contributed by atoms with Crippen LogP contribution in [0.4, 0.5) is 14.5 Å². The first-order valence-corrected chi connectivity index (χ1v) is 8.07. The van der Waals surface area contributed by atoms with Gasteiger partial charge < -0.3 is 15.0 Å². The van der Waals surface area contributed by atoms with Crippen LogP contribution in [0.15, 0.2) is 36.5 Å². The van der Waals surface area contributed by atoms with Crippen molar-refractivity contribution >= 4 is 11.6 Å². The molecule has 0 aliphatic carbocycles. The lowest BCUT2D eigenvalue weighted by Crippen LogP contribution is -2.48. The van der Waals surface area contributed by atoms with Gasteiger partial charge in [0.25, 0.3) is 5.91 Å². The van der Waals surface area contributed by atoms with E-state index in [0.29, 0.717) is 12.6 Å². The Morgan fingerprint density at radius 1 is 1.36 bits per heavy atom. The largest absolute Gasteiger partial charge is 0.497 e. The van der Waals surface area contributed by atoms with Gasteiger partial charge in [0.2, 0.25) is 0 Å². The van der Waals surface area contributed by atoms with Crippen molar-refractivity contribution < 1.29 is 18.3 Å². The number of carbonyl (C=O) groups is 1. The number of pyridine rings is 1. The number of rotatable bonds is 4. The molecule has 1 aliphatic heterocycles. The van der Waals surface area contributed by atoms with Crippen molar-refractivity contribution in [3.05, 3.63) is 53.9 Å². The van der Waals surface area contributed by atoms with Crippen LogP contribution in [0, 0.1) is 11.6 Å². The summed E-state index contributed by atoms with van der Waals surface area (Å²) in [6.07, 6.45) is 2.51. The van der Waals surface area contributed by atoms with Crippen molar-refractivity contribution in [2.24, 2.45) is 0 Å². The molecule has 0 saturated carbocycles. The first-order valence-electron chi connectivity index (χ1n) is 8.07. The highest BCUT2D eigenvalue weighted by atomic mass is 19.1. The zero-order chi connectivity index (χ0) is 17.8. The molecule has 1 saturated heterocycles. The fraction of sp³-hybridized carbons (Fsp3) is 0.333. The Morgan fingerprint density at radius 3 is 2.96 bits per heavy atom. The predicted octanol–water partition coefficient (Wildman–Crippen LogP) is 2.77. The van der Waals surface area contributed by atoms with E-state index in [2.05, 4.69) is 15.2 Å². The van der Waals surface area contributed by atoms with Crippen LogP contribution in [0.25, 0.3) is 0 Å². The van der Waals surface area contributed by atoms with E-state index in [1.807, 2.05) is 24.3 Å². The lowest BCUT2D eigenvalue weighted by molar-refractivity contribution is 0.0923. The molecule has 1 atom stereocenters. The predicted molar refractivity (Wildman–Crippen MR) is 89.8 cm³/mol. The summed E-state index contributed by atoms with van der Waals surface area (Å²) in [6, 6.07) is 8.22. The summed E-state index contributed by atoms with van der Waals surface area (Å²) in [7, 11) is 1.61. The normalized spacial score (nSPS) is 17.2. The van der Waals surface area contributed by atoms with Gasteiger partial charge in [-0.3, -0.25) is 4.79 Å². The number of piperidine rings is 1. The van der Waals surface area contributed by atoms with Crippen LogP contribution in [-0.4, -0.2) is 37.1 Å². The summed E-state index contributed by atoms with van der Waals surface area (Å²) in [5.41, 5.74) is 0.615. The second-order valence-corrected chi connectivity index (χ2v) is 5.94. The highest BCUT2D eigenvalue weighted by molar-refractivity contribution is 5.92. The fourth-order valence-electron chi connectivity index (χ4n) is 2.97. The van der Waals surface area contributed by atoms with E-state index in [9.17, 15) is 13.6 Å². The highest BCUT2D eigenvalue weighted by Gasteiger charge is 2.24. The lowest BCUT2D eigenvalue weighted by atomic mass is 10.0. The average molecular weight is 347 g/mol. The number of hydrogen-bond donors (Lipinski definition) is 1. The lowest BCUT2D eigenvalue weighted by Gasteiger charge is -2.34. The number of benzene rings is 1. The van der Waals surface area contributed by atoms with Gasteiger partial charge in [-0.25, -0.2) is 13.8 Å². The first kappa shape index (κ1) is 17.1. The van der Waals surface area contributed by atoms with E-state index in [0.717, 1.165) is 37.0 Å². The molecule has 132 valence electrons. The minimum absolute atomic E-state index is 0.140. The van der Waals surface area contributed by atoms with Crippen molar-refractivity contribution in [2.75, 3.05) is 25.1 Å². The van der Waals surface area contributed by atoms with Crippen LogP contribution in [0.2, 0.25) is 0 Å². The summed E-state index contributed by atoms with van der Waals surface area (Å²) in [6.45, 7) is 1.46. The highest BCUT2D eigenvalue weighted by Crippen LogP contribution is 2.24. The molecule has 1 aromatic heterocycles. The number of anilines is 1. The van der Waals surface area contributed by atoms with Gasteiger partial charge in [0.1, 0.15) is 11.6 Å². The summed E-state index contributed by atoms with van der Waals surface area (Å²) in [4.78, 5) is 17.9. The van der Waals surface area contributed by atoms with E-state index >= 15 is 0 Å². The molecule has 0 radical (unpaired) electrons. The molecular weight excluding hydrogens is 328 g/mol. The monoisotopic (exact) mass is 347 g/mol. The zero-order valence-electron chi connectivity index (χ0n) is 13.8. The van der Waals surface area contributed by atoms with Gasteiger partial charge in [-0.15, -0.1) is 0 Å². The molecule has 0 unspecified atom stereocenters. The van der Waals surface area contributed by atoms with Gasteiger partial charge in [0.05, 0.1) is 13.3 Å². The number of halogens is 2. The Morgan fingerprint density at radius 2 is 2.20 bits per heavy atom. The van der Waals surface area contributed by atoms with Gasteiger partial charge in [0, 0.05) is 37.0 Å². The molecule has 25 heavy (non-hydrogen) atoms. The molecule has 3 rings (SSSR count). The maximum atomic E-state index is 13.7. The molecule has 2 aromatic rings. The second kappa shape index (κ2) is 7.46. The van der Waals surface area contributed by atoms with E-state index < -0.39 is 17.5 Å². The second-order valence-electron chi connectivity index (χ2n) is 5.94. The SMILES string of the molecule is COc1cccc(N2CCC[C@@H](NC(=O)c3ncc(F)cc3F)C2)c1. The molecule has 0 bridgehead atoms. The van der Waals surface area contributed by atoms with Crippen LogP contribution >= 0.6 is 0 Å². The summed E-state index contributed by atoms with van der Waals surface area (Å²) < 4.78 is 31.9. The molecule has 1 amide bonds. The molecular formula is C18H19F2N3O2. The van der Waals surface area contributed by atoms with Gasteiger partial charge in [-0.2, -0.15) is 0 Å². The van der Waals surface area contributed by atoms with E-state index in [1.54, 1.807) is 7.11 Å². The topological polar surface area (TPSA) is 54.5 Å². The number of aromatic nitrogens is 1. The molecule has 1 aliphatic rings. The quantitative estimate of drug-likeness (QED) is 0.924. The number of methoxy groups -OCH3 is 1. The number of carbonyl (C=O) groups excluding carboxylic acids is 1. The summed E-state index contributed by atoms with van der Waals surface area (Å²) >= 11 is 0. The molecule has 1 N–H and O–H groups in total. The molecule has 1 aromatic carbocycles. The smallest absolute Gasteiger partial charge is 0.273 e. The minimum atomic E-state index is -0.960. The Kier molecular flexibility index (Phi) is 5.11. The van der Waals surface area contributed by atoms with Crippen LogP contribution < -0.4 is 15.0 Å². The number of hydrogen-bond acceptors (Lipinski definition) is 4. The average Bonchev–Trinajstić information content (AvgIpc) is 2.62. The Hall–Kier alpha value is -2.70. The van der Waals surface area contributed by atoms with Crippen LogP contribution in [-0.2, 0) is 0 Å². The molecule has 5 nitrogen and oxygen atoms in total. The Labute approximate surface area is 144 Å². The molecule has 1 fully saturated rings. The van der Waals surface area contributed by atoms with Crippen molar-refractivity contribution in [2.45, 2.75) is 18.9 Å². The maximum Gasteiger partial charge on any atom is 0.273 e. The number of ether oxygens (including phenoxy) is 1. The van der Waals surface area contributed by atoms with Crippen molar-refractivity contribution in [1.29, 1.82) is 0 Å². The van der Waals surface area contributed by atoms with Gasteiger partial charge in [-0.1, -0.05) is 6.07 Å². The minimum Gasteiger partial charge on any atom is -0.497 e. The fourth-order valence-corrected chi connectivity index (χ4v) is 2.97. The third-order valence-corrected chi connectivity index (χ3v) is 4.20. The zero-order valence-corrected chi connectivity index (χ0v) is 13.8. The van der Waals surface area contributed by atoms with E-state index in [4.69, 9.17) is 4.74 Å². The van der Waals surface area contributed by atoms with Crippen LogP contribution in [0.5, 0.6) is 5.75 Å². The van der Waals surface area contributed by atoms with Crippen molar-refractivity contribution in [3.8, 4) is 5.75 Å². The van der Waals surface area contributed by atoms with Crippen LogP contribution in [0.3, 0.4) is 0 Å². The third-order valence-electron chi connectivity index (χ3n) is 4.20. The number of nitrogens with zero attached hydrogens (tertiary/aromatic N) is 2. The van der Waals surface area contributed by atoms with E-state index in [1.165, 1.54) is 0 Å². The third kappa shape index (κ3) is 4.04. The molecule has 7 heteroatoms. The van der Waals surface area contributed by atoms with Gasteiger partial charge >= 0.3 is 0 Å². The number of nitrogens with one attached hydrogen (secondary N) is 1. The summed E-state index contributed by atoms with van der Waals surface area (Å²) in [5, 5.41) is 2.79. The van der Waals surface area contributed by atoms with Gasteiger partial charge in [-0.05, 0) is 25.0 Å². The van der Waals surface area contributed by atoms with Crippen molar-refractivity contribution in [3.63, 3.8) is 0 Å². The Balaban J connectivity index is 1.68. The van der Waals surface area contributed by atoms with Crippen LogP contribution in [0.1, 0.15) is 23.3 Å². The Bertz CT molecular complexity index is 770. The van der Waals surface area contributed by atoms with Crippen molar-refractivity contribution in [1.82, 2.24) is 10.3 Å². The molecule has 0 spiro atoms. The summed E-state index contributed by atoms with van der Waals surface area (Å²) in [5.74, 6) is -1.63. The maximum absolute atomic E-state index is 13.7. The standard InChI is InChI=1S/C18H19F2N3O2/c1-25-15-6-2-5-14(9-15)23-7-3-4-13(11-23)22-18(24)17-16(20)8-12(19)10-21-17/h2,5-6,8-10,13H,3-4,7,11H2,1H3,(H,22,24)/t13-/m1/s1. The van der Waals surface area contributed by atoms with E-state index in [-0.39, 0.29) is 11.7 Å². The first-order chi connectivity index (χ1) is 12.1.